The summed E-state index contributed by atoms with van der Waals surface area (Å²) in [7, 11) is 1.37. The number of hydrogen-bond acceptors (Lipinski definition) is 7. The van der Waals surface area contributed by atoms with Gasteiger partial charge in [-0.25, -0.2) is 9.79 Å². The number of carbonyl (C=O) groups is 2. The molecule has 2 aliphatic rings. The summed E-state index contributed by atoms with van der Waals surface area (Å²) in [5, 5.41) is 5.61. The minimum atomic E-state index is -0.502. The predicted octanol–water partition coefficient (Wildman–Crippen LogP) is 5.53. The van der Waals surface area contributed by atoms with Crippen molar-refractivity contribution in [2.24, 2.45) is 4.99 Å². The quantitative estimate of drug-likeness (QED) is 0.489. The zero-order valence-corrected chi connectivity index (χ0v) is 21.1. The Balaban J connectivity index is 1.76. The topological polar surface area (TPSA) is 80.2 Å². The van der Waals surface area contributed by atoms with Gasteiger partial charge in [0.05, 0.1) is 30.8 Å². The van der Waals surface area contributed by atoms with Crippen LogP contribution in [0.1, 0.15) is 45.2 Å². The summed E-state index contributed by atoms with van der Waals surface area (Å²) in [6.07, 6.45) is 0.749. The summed E-state index contributed by atoms with van der Waals surface area (Å²) in [4.78, 5) is 32.4. The Bertz CT molecular complexity index is 1200. The van der Waals surface area contributed by atoms with Crippen LogP contribution in [0.25, 0.3) is 0 Å². The lowest BCUT2D eigenvalue weighted by Gasteiger charge is -2.36. The number of nitrogens with one attached hydrogen (secondary N) is 1. The number of para-hydroxylation sites is 1. The van der Waals surface area contributed by atoms with Crippen LogP contribution in [-0.2, 0) is 14.3 Å². The highest BCUT2D eigenvalue weighted by molar-refractivity contribution is 8.16. The second-order valence-electron chi connectivity index (χ2n) is 8.49. The number of allylic oxidation sites excluding steroid dienone is 1. The van der Waals surface area contributed by atoms with Gasteiger partial charge in [0.15, 0.2) is 5.17 Å². The first-order chi connectivity index (χ1) is 16.9. The molecule has 0 spiro atoms. The minimum absolute atomic E-state index is 0.0338. The number of rotatable bonds is 8. The molecule has 0 radical (unpaired) electrons. The van der Waals surface area contributed by atoms with E-state index in [9.17, 15) is 9.59 Å². The molecule has 0 aliphatic carbocycles. The number of hydrogen-bond donors (Lipinski definition) is 1. The average molecular weight is 492 g/mol. The smallest absolute Gasteiger partial charge is 0.338 e. The number of esters is 1. The van der Waals surface area contributed by atoms with Crippen molar-refractivity contribution in [2.75, 3.05) is 7.11 Å². The highest BCUT2D eigenvalue weighted by Gasteiger charge is 2.41. The molecule has 2 aliphatic heterocycles. The Morgan fingerprint density at radius 2 is 1.86 bits per heavy atom. The highest BCUT2D eigenvalue weighted by atomic mass is 32.2. The third-order valence-electron chi connectivity index (χ3n) is 5.57. The first-order valence-corrected chi connectivity index (χ1v) is 12.5. The van der Waals surface area contributed by atoms with Gasteiger partial charge in [-0.05, 0) is 55.5 Å². The van der Waals surface area contributed by atoms with E-state index in [1.54, 1.807) is 0 Å². The van der Waals surface area contributed by atoms with Gasteiger partial charge in [0, 0.05) is 11.7 Å². The number of carbonyl (C=O) groups excluding carboxylic acids is 2. The molecule has 4 rings (SSSR count). The second-order valence-corrected chi connectivity index (χ2v) is 9.32. The number of fused-ring (bicyclic) bond motifs is 1. The van der Waals surface area contributed by atoms with E-state index < -0.39 is 12.0 Å². The van der Waals surface area contributed by atoms with Crippen LogP contribution in [0.2, 0.25) is 0 Å². The Hall–Kier alpha value is -3.52. The summed E-state index contributed by atoms with van der Waals surface area (Å²) < 4.78 is 11.3. The van der Waals surface area contributed by atoms with E-state index >= 15 is 0 Å². The Morgan fingerprint density at radius 3 is 2.54 bits per heavy atom. The molecule has 1 amide bonds. The van der Waals surface area contributed by atoms with E-state index in [-0.39, 0.29) is 18.4 Å². The van der Waals surface area contributed by atoms with E-state index in [0.717, 1.165) is 22.2 Å². The predicted molar refractivity (Wildman–Crippen MR) is 138 cm³/mol. The number of nitrogens with zero attached hydrogens (tertiary/aromatic N) is 2. The maximum absolute atomic E-state index is 13.0. The van der Waals surface area contributed by atoms with E-state index in [4.69, 9.17) is 14.5 Å². The van der Waals surface area contributed by atoms with Gasteiger partial charge in [0.25, 0.3) is 0 Å². The fraction of sp³-hybridized carbons (Fsp3) is 0.296. The normalized spacial score (nSPS) is 17.1. The molecule has 0 bridgehead atoms. The van der Waals surface area contributed by atoms with E-state index in [2.05, 4.69) is 5.32 Å². The average Bonchev–Trinajstić information content (AvgIpc) is 3.24. The van der Waals surface area contributed by atoms with Crippen molar-refractivity contribution in [3.63, 3.8) is 0 Å². The molecule has 1 unspecified atom stereocenters. The first kappa shape index (κ1) is 24.6. The van der Waals surface area contributed by atoms with E-state index in [0.29, 0.717) is 23.4 Å². The van der Waals surface area contributed by atoms with Crippen molar-refractivity contribution in [1.82, 2.24) is 10.2 Å². The number of methoxy groups -OCH3 is 1. The lowest BCUT2D eigenvalue weighted by molar-refractivity contribution is -0.136. The van der Waals surface area contributed by atoms with Crippen molar-refractivity contribution < 1.29 is 19.1 Å². The van der Waals surface area contributed by atoms with Crippen molar-refractivity contribution in [3.05, 3.63) is 82.5 Å². The number of aliphatic imine (C=N–C) groups is 1. The van der Waals surface area contributed by atoms with Gasteiger partial charge >= 0.3 is 5.97 Å². The van der Waals surface area contributed by atoms with Crippen LogP contribution in [0.5, 0.6) is 11.5 Å². The molecule has 0 aromatic heterocycles. The summed E-state index contributed by atoms with van der Waals surface area (Å²) in [5.41, 5.74) is 2.77. The van der Waals surface area contributed by atoms with Gasteiger partial charge in [-0.3, -0.25) is 4.79 Å². The number of ether oxygens (including phenoxy) is 2. The Kier molecular flexibility index (Phi) is 7.60. The van der Waals surface area contributed by atoms with E-state index in [1.165, 1.54) is 18.9 Å². The van der Waals surface area contributed by atoms with Crippen molar-refractivity contribution >= 4 is 28.8 Å². The molecule has 2 aromatic carbocycles. The SMILES string of the molecule is CCC1=C(C(=O)OC)C(c2cccc(Oc3ccccc3)c2)N2C(CC(=O)NC(C)C)=CSC2=N1. The van der Waals surface area contributed by atoms with Crippen LogP contribution >= 0.6 is 11.8 Å². The third kappa shape index (κ3) is 5.43. The molecule has 2 heterocycles. The Morgan fingerprint density at radius 1 is 1.11 bits per heavy atom. The Labute approximate surface area is 209 Å². The number of amidine groups is 1. The monoisotopic (exact) mass is 491 g/mol. The van der Waals surface area contributed by atoms with Crippen LogP contribution in [0.15, 0.2) is 82.0 Å². The number of benzene rings is 2. The van der Waals surface area contributed by atoms with Crippen LogP contribution in [-0.4, -0.2) is 35.1 Å². The summed E-state index contributed by atoms with van der Waals surface area (Å²) in [5.74, 6) is 0.843. The van der Waals surface area contributed by atoms with Crippen LogP contribution in [0.4, 0.5) is 0 Å². The minimum Gasteiger partial charge on any atom is -0.466 e. The molecule has 8 heteroatoms. The van der Waals surface area contributed by atoms with Gasteiger partial charge in [0.2, 0.25) is 5.91 Å². The zero-order valence-electron chi connectivity index (χ0n) is 20.3. The fourth-order valence-corrected chi connectivity index (χ4v) is 5.08. The summed E-state index contributed by atoms with van der Waals surface area (Å²) in [6, 6.07) is 16.7. The zero-order chi connectivity index (χ0) is 24.9. The maximum Gasteiger partial charge on any atom is 0.338 e. The second kappa shape index (κ2) is 10.8. The number of thioether (sulfide) groups is 1. The van der Waals surface area contributed by atoms with Crippen molar-refractivity contribution in [3.8, 4) is 11.5 Å². The molecule has 1 atom stereocenters. The fourth-order valence-electron chi connectivity index (χ4n) is 4.14. The highest BCUT2D eigenvalue weighted by Crippen LogP contribution is 2.46. The lowest BCUT2D eigenvalue weighted by atomic mass is 9.92. The lowest BCUT2D eigenvalue weighted by Crippen LogP contribution is -2.38. The summed E-state index contributed by atoms with van der Waals surface area (Å²) >= 11 is 1.46. The standard InChI is InChI=1S/C27H29N3O4S/c1-5-22-24(26(32)33-4)25(18-10-9-13-21(14-18)34-20-11-7-6-8-12-20)30-19(16-35-27(30)29-22)15-23(31)28-17(2)3/h6-14,16-17,25H,5,15H2,1-4H3,(H,28,31). The molecule has 0 saturated carbocycles. The van der Waals surface area contributed by atoms with Gasteiger partial charge < -0.3 is 19.7 Å². The van der Waals surface area contributed by atoms with Gasteiger partial charge in [-0.15, -0.1) is 0 Å². The molecule has 35 heavy (non-hydrogen) atoms. The molecule has 182 valence electrons. The van der Waals surface area contributed by atoms with Crippen molar-refractivity contribution in [1.29, 1.82) is 0 Å². The van der Waals surface area contributed by atoms with E-state index in [1.807, 2.05) is 85.7 Å². The van der Waals surface area contributed by atoms with Gasteiger partial charge in [0.1, 0.15) is 11.5 Å². The van der Waals surface area contributed by atoms with Crippen LogP contribution in [0.3, 0.4) is 0 Å². The molecule has 2 aromatic rings. The molecular formula is C27H29N3O4S. The third-order valence-corrected chi connectivity index (χ3v) is 6.46. The van der Waals surface area contributed by atoms with Gasteiger partial charge in [-0.2, -0.15) is 0 Å². The van der Waals surface area contributed by atoms with Crippen LogP contribution in [0, 0.1) is 0 Å². The molecule has 7 nitrogen and oxygen atoms in total. The maximum atomic E-state index is 13.0. The first-order valence-electron chi connectivity index (χ1n) is 11.6. The van der Waals surface area contributed by atoms with Gasteiger partial charge in [-0.1, -0.05) is 49.0 Å². The molecule has 0 saturated heterocycles. The largest absolute Gasteiger partial charge is 0.466 e. The van der Waals surface area contributed by atoms with Crippen molar-refractivity contribution in [2.45, 2.75) is 45.7 Å². The molecule has 1 N–H and O–H groups in total. The molecule has 0 fully saturated rings. The summed E-state index contributed by atoms with van der Waals surface area (Å²) in [6.45, 7) is 5.82. The van der Waals surface area contributed by atoms with Crippen LogP contribution < -0.4 is 10.1 Å². The number of amides is 1. The molecular weight excluding hydrogens is 462 g/mol.